The fraction of sp³-hybridized carbons (Fsp3) is 0.522. The Bertz CT molecular complexity index is 783. The topological polar surface area (TPSA) is 48.9 Å². The number of methoxy groups -OCH3 is 1. The van der Waals surface area contributed by atoms with E-state index in [1.807, 2.05) is 12.1 Å². The standard InChI is InChI=1S/C23H34N4OS.HI/c1-5-24-23(26-19-12-14-27(15-13-19)17(2)3)25-16-21-10-11-22(29-21)18-6-8-20(28-4)9-7-18;/h6-11,17,19H,5,12-16H2,1-4H3,(H2,24,25,26);1H. The number of thiophene rings is 1. The summed E-state index contributed by atoms with van der Waals surface area (Å²) < 4.78 is 5.25. The van der Waals surface area contributed by atoms with Crippen LogP contribution in [0.2, 0.25) is 0 Å². The zero-order valence-corrected chi connectivity index (χ0v) is 21.6. The van der Waals surface area contributed by atoms with Crippen LogP contribution in [0.3, 0.4) is 0 Å². The van der Waals surface area contributed by atoms with Crippen molar-refractivity contribution < 1.29 is 4.74 Å². The van der Waals surface area contributed by atoms with E-state index in [2.05, 4.69) is 60.6 Å². The molecule has 0 amide bonds. The normalized spacial score (nSPS) is 15.7. The molecule has 0 radical (unpaired) electrons. The molecule has 7 heteroatoms. The number of hydrogen-bond acceptors (Lipinski definition) is 4. The molecular weight excluding hydrogens is 507 g/mol. The van der Waals surface area contributed by atoms with E-state index in [0.29, 0.717) is 18.6 Å². The van der Waals surface area contributed by atoms with Gasteiger partial charge in [-0.05, 0) is 75.6 Å². The van der Waals surface area contributed by atoms with Crippen LogP contribution in [-0.2, 0) is 6.54 Å². The Kier molecular flexibility index (Phi) is 10.4. The fourth-order valence-corrected chi connectivity index (χ4v) is 4.54. The molecule has 2 aromatic rings. The van der Waals surface area contributed by atoms with Crippen LogP contribution in [-0.4, -0.2) is 49.7 Å². The zero-order chi connectivity index (χ0) is 20.6. The summed E-state index contributed by atoms with van der Waals surface area (Å²) in [6.45, 7) is 10.6. The summed E-state index contributed by atoms with van der Waals surface area (Å²) in [5.74, 6) is 1.81. The third kappa shape index (κ3) is 7.13. The summed E-state index contributed by atoms with van der Waals surface area (Å²) in [7, 11) is 1.69. The number of guanidine groups is 1. The van der Waals surface area contributed by atoms with Crippen LogP contribution in [0.1, 0.15) is 38.5 Å². The molecule has 166 valence electrons. The highest BCUT2D eigenvalue weighted by Crippen LogP contribution is 2.29. The Labute approximate surface area is 202 Å². The summed E-state index contributed by atoms with van der Waals surface area (Å²) in [5, 5.41) is 7.04. The lowest BCUT2D eigenvalue weighted by molar-refractivity contribution is 0.167. The van der Waals surface area contributed by atoms with Gasteiger partial charge < -0.3 is 20.3 Å². The molecule has 2 heterocycles. The van der Waals surface area contributed by atoms with E-state index < -0.39 is 0 Å². The number of nitrogens with one attached hydrogen (secondary N) is 2. The van der Waals surface area contributed by atoms with Crippen LogP contribution in [0.15, 0.2) is 41.4 Å². The van der Waals surface area contributed by atoms with Crippen molar-refractivity contribution in [2.45, 2.75) is 52.2 Å². The highest BCUT2D eigenvalue weighted by Gasteiger charge is 2.21. The Morgan fingerprint density at radius 1 is 1.17 bits per heavy atom. The first-order valence-electron chi connectivity index (χ1n) is 10.6. The molecule has 0 spiro atoms. The molecule has 0 unspecified atom stereocenters. The molecular formula is C23H35IN4OS. The van der Waals surface area contributed by atoms with Gasteiger partial charge in [0.05, 0.1) is 13.7 Å². The summed E-state index contributed by atoms with van der Waals surface area (Å²) in [6, 6.07) is 13.7. The van der Waals surface area contributed by atoms with Crippen molar-refractivity contribution in [1.29, 1.82) is 0 Å². The van der Waals surface area contributed by atoms with E-state index in [4.69, 9.17) is 9.73 Å². The minimum Gasteiger partial charge on any atom is -0.497 e. The molecule has 0 saturated carbocycles. The number of aliphatic imine (C=N–C) groups is 1. The largest absolute Gasteiger partial charge is 0.497 e. The first kappa shape index (κ1) is 24.9. The number of benzene rings is 1. The summed E-state index contributed by atoms with van der Waals surface area (Å²) in [5.41, 5.74) is 1.22. The van der Waals surface area contributed by atoms with E-state index in [1.165, 1.54) is 28.2 Å². The molecule has 3 rings (SSSR count). The molecule has 1 aliphatic heterocycles. The first-order valence-corrected chi connectivity index (χ1v) is 11.4. The molecule has 0 atom stereocenters. The predicted octanol–water partition coefficient (Wildman–Crippen LogP) is 4.97. The van der Waals surface area contributed by atoms with Crippen molar-refractivity contribution in [3.05, 3.63) is 41.3 Å². The van der Waals surface area contributed by atoms with Gasteiger partial charge in [-0.3, -0.25) is 0 Å². The van der Waals surface area contributed by atoms with E-state index >= 15 is 0 Å². The third-order valence-corrected chi connectivity index (χ3v) is 6.49. The summed E-state index contributed by atoms with van der Waals surface area (Å²) in [6.07, 6.45) is 2.34. The van der Waals surface area contributed by atoms with Crippen LogP contribution >= 0.6 is 35.3 Å². The maximum absolute atomic E-state index is 5.25. The van der Waals surface area contributed by atoms with Gasteiger partial charge in [-0.25, -0.2) is 4.99 Å². The van der Waals surface area contributed by atoms with E-state index in [9.17, 15) is 0 Å². The van der Waals surface area contributed by atoms with Gasteiger partial charge in [-0.1, -0.05) is 0 Å². The van der Waals surface area contributed by atoms with Crippen LogP contribution in [0.25, 0.3) is 10.4 Å². The maximum Gasteiger partial charge on any atom is 0.191 e. The zero-order valence-electron chi connectivity index (χ0n) is 18.5. The Morgan fingerprint density at radius 3 is 2.47 bits per heavy atom. The molecule has 1 fully saturated rings. The van der Waals surface area contributed by atoms with Crippen molar-refractivity contribution in [3.63, 3.8) is 0 Å². The molecule has 30 heavy (non-hydrogen) atoms. The molecule has 1 aromatic carbocycles. The predicted molar refractivity (Wildman–Crippen MR) is 139 cm³/mol. The van der Waals surface area contributed by atoms with E-state index in [1.54, 1.807) is 18.4 Å². The number of nitrogens with zero attached hydrogens (tertiary/aromatic N) is 2. The molecule has 1 aromatic heterocycles. The van der Waals surface area contributed by atoms with Gasteiger partial charge in [0.15, 0.2) is 5.96 Å². The molecule has 1 saturated heterocycles. The highest BCUT2D eigenvalue weighted by molar-refractivity contribution is 14.0. The molecule has 5 nitrogen and oxygen atoms in total. The number of piperidine rings is 1. The number of rotatable bonds is 7. The fourth-order valence-electron chi connectivity index (χ4n) is 3.60. The number of halogens is 1. The second-order valence-electron chi connectivity index (χ2n) is 7.74. The molecule has 0 bridgehead atoms. The maximum atomic E-state index is 5.25. The van der Waals surface area contributed by atoms with Gasteiger partial charge in [0.25, 0.3) is 0 Å². The molecule has 2 N–H and O–H groups in total. The monoisotopic (exact) mass is 542 g/mol. The highest BCUT2D eigenvalue weighted by atomic mass is 127. The van der Waals surface area contributed by atoms with Crippen LogP contribution < -0.4 is 15.4 Å². The van der Waals surface area contributed by atoms with Gasteiger partial charge in [0, 0.05) is 41.5 Å². The SMILES string of the molecule is CCNC(=NCc1ccc(-c2ccc(OC)cc2)s1)NC1CCN(C(C)C)CC1.I. The van der Waals surface area contributed by atoms with Crippen LogP contribution in [0, 0.1) is 0 Å². The quantitative estimate of drug-likeness (QED) is 0.295. The minimum absolute atomic E-state index is 0. The summed E-state index contributed by atoms with van der Waals surface area (Å²) >= 11 is 1.80. The molecule has 0 aliphatic carbocycles. The minimum atomic E-state index is 0. The van der Waals surface area contributed by atoms with Crippen molar-refractivity contribution >= 4 is 41.3 Å². The van der Waals surface area contributed by atoms with Crippen LogP contribution in [0.5, 0.6) is 5.75 Å². The number of hydrogen-bond donors (Lipinski definition) is 2. The van der Waals surface area contributed by atoms with E-state index in [-0.39, 0.29) is 24.0 Å². The van der Waals surface area contributed by atoms with Crippen molar-refractivity contribution in [2.75, 3.05) is 26.7 Å². The lowest BCUT2D eigenvalue weighted by Gasteiger charge is -2.35. The Balaban J connectivity index is 0.00000320. The summed E-state index contributed by atoms with van der Waals surface area (Å²) in [4.78, 5) is 9.92. The lowest BCUT2D eigenvalue weighted by atomic mass is 10.0. The first-order chi connectivity index (χ1) is 14.1. The van der Waals surface area contributed by atoms with E-state index in [0.717, 1.165) is 31.3 Å². The third-order valence-electron chi connectivity index (χ3n) is 5.37. The van der Waals surface area contributed by atoms with Gasteiger partial charge in [0.1, 0.15) is 5.75 Å². The smallest absolute Gasteiger partial charge is 0.191 e. The lowest BCUT2D eigenvalue weighted by Crippen LogP contribution is -2.49. The average Bonchev–Trinajstić information content (AvgIpc) is 3.22. The van der Waals surface area contributed by atoms with Crippen molar-refractivity contribution in [1.82, 2.24) is 15.5 Å². The van der Waals surface area contributed by atoms with Gasteiger partial charge in [0.2, 0.25) is 0 Å². The second-order valence-corrected chi connectivity index (χ2v) is 8.91. The van der Waals surface area contributed by atoms with Gasteiger partial charge in [-0.2, -0.15) is 0 Å². The van der Waals surface area contributed by atoms with Crippen molar-refractivity contribution in [3.8, 4) is 16.2 Å². The van der Waals surface area contributed by atoms with Crippen molar-refractivity contribution in [2.24, 2.45) is 4.99 Å². The van der Waals surface area contributed by atoms with Gasteiger partial charge in [-0.15, -0.1) is 35.3 Å². The average molecular weight is 543 g/mol. The number of ether oxygens (including phenoxy) is 1. The Hall–Kier alpha value is -1.32. The Morgan fingerprint density at radius 2 is 1.87 bits per heavy atom. The van der Waals surface area contributed by atoms with Gasteiger partial charge >= 0.3 is 0 Å². The second kappa shape index (κ2) is 12.5. The molecule has 1 aliphatic rings. The van der Waals surface area contributed by atoms with Crippen LogP contribution in [0.4, 0.5) is 0 Å². The number of likely N-dealkylation sites (tertiary alicyclic amines) is 1.